The Hall–Kier alpha value is -2.49. The molecule has 0 bridgehead atoms. The fraction of sp³-hybridized carbons (Fsp3) is 0.429. The van der Waals surface area contributed by atoms with Crippen LogP contribution in [0.25, 0.3) is 0 Å². The van der Waals surface area contributed by atoms with E-state index >= 15 is 0 Å². The third-order valence-corrected chi connectivity index (χ3v) is 6.48. The van der Waals surface area contributed by atoms with Gasteiger partial charge in [-0.25, -0.2) is 18.1 Å². The van der Waals surface area contributed by atoms with Crippen LogP contribution in [0.1, 0.15) is 24.0 Å². The normalized spacial score (nSPS) is 14.5. The minimum Gasteiger partial charge on any atom is -0.378 e. The van der Waals surface area contributed by atoms with Crippen LogP contribution >= 0.6 is 0 Å². The summed E-state index contributed by atoms with van der Waals surface area (Å²) in [6, 6.07) is 9.01. The average molecular weight is 433 g/mol. The van der Waals surface area contributed by atoms with Crippen molar-refractivity contribution in [1.82, 2.24) is 9.71 Å². The Morgan fingerprint density at radius 1 is 1.17 bits per heavy atom. The molecule has 8 nitrogen and oxygen atoms in total. The molecular formula is C21H28N4O4S. The number of morpholine rings is 1. The van der Waals surface area contributed by atoms with Crippen molar-refractivity contribution in [1.29, 1.82) is 0 Å². The first-order valence-electron chi connectivity index (χ1n) is 10.0. The molecule has 162 valence electrons. The van der Waals surface area contributed by atoms with Crippen LogP contribution in [0.2, 0.25) is 0 Å². The second-order valence-electron chi connectivity index (χ2n) is 7.32. The van der Waals surface area contributed by atoms with Gasteiger partial charge in [-0.3, -0.25) is 4.79 Å². The van der Waals surface area contributed by atoms with Crippen LogP contribution in [0.4, 0.5) is 11.5 Å². The van der Waals surface area contributed by atoms with E-state index in [0.29, 0.717) is 30.9 Å². The third-order valence-electron chi connectivity index (χ3n) is 4.87. The summed E-state index contributed by atoms with van der Waals surface area (Å²) in [6.45, 7) is 6.79. The summed E-state index contributed by atoms with van der Waals surface area (Å²) in [5.41, 5.74) is 2.19. The Morgan fingerprint density at radius 3 is 2.63 bits per heavy atom. The molecule has 1 amide bonds. The number of benzene rings is 1. The zero-order valence-electron chi connectivity index (χ0n) is 17.3. The Labute approximate surface area is 177 Å². The molecule has 1 aliphatic heterocycles. The Bertz CT molecular complexity index is 971. The van der Waals surface area contributed by atoms with Gasteiger partial charge in [0.2, 0.25) is 15.9 Å². The molecule has 30 heavy (non-hydrogen) atoms. The van der Waals surface area contributed by atoms with Crippen molar-refractivity contribution in [2.75, 3.05) is 43.1 Å². The van der Waals surface area contributed by atoms with E-state index in [2.05, 4.69) is 19.9 Å². The average Bonchev–Trinajstić information content (AvgIpc) is 2.74. The van der Waals surface area contributed by atoms with Crippen molar-refractivity contribution in [3.05, 3.63) is 47.7 Å². The van der Waals surface area contributed by atoms with Crippen molar-refractivity contribution in [2.24, 2.45) is 0 Å². The molecule has 1 aromatic carbocycles. The number of carbonyl (C=O) groups excluding carboxylic acids is 1. The largest absolute Gasteiger partial charge is 0.378 e. The van der Waals surface area contributed by atoms with E-state index in [4.69, 9.17) is 4.74 Å². The number of nitrogens with zero attached hydrogens (tertiary/aromatic N) is 2. The zero-order valence-corrected chi connectivity index (χ0v) is 18.2. The van der Waals surface area contributed by atoms with Crippen molar-refractivity contribution in [2.45, 2.75) is 31.6 Å². The van der Waals surface area contributed by atoms with Gasteiger partial charge in [-0.15, -0.1) is 0 Å². The number of amides is 1. The van der Waals surface area contributed by atoms with Gasteiger partial charge in [0, 0.05) is 26.1 Å². The molecule has 2 N–H and O–H groups in total. The van der Waals surface area contributed by atoms with Crippen LogP contribution < -0.4 is 14.9 Å². The van der Waals surface area contributed by atoms with E-state index in [1.54, 1.807) is 25.3 Å². The minimum atomic E-state index is -3.59. The highest BCUT2D eigenvalue weighted by molar-refractivity contribution is 7.89. The molecule has 0 atom stereocenters. The van der Waals surface area contributed by atoms with Gasteiger partial charge in [-0.2, -0.15) is 0 Å². The topological polar surface area (TPSA) is 101 Å². The minimum absolute atomic E-state index is 0.179. The number of pyridine rings is 1. The number of hydrogen-bond donors (Lipinski definition) is 2. The second kappa shape index (κ2) is 10.0. The summed E-state index contributed by atoms with van der Waals surface area (Å²) >= 11 is 0. The predicted molar refractivity (Wildman–Crippen MR) is 116 cm³/mol. The van der Waals surface area contributed by atoms with Crippen molar-refractivity contribution >= 4 is 27.4 Å². The van der Waals surface area contributed by atoms with Crippen LogP contribution in [0.15, 0.2) is 41.4 Å². The first-order chi connectivity index (χ1) is 14.3. The summed E-state index contributed by atoms with van der Waals surface area (Å²) in [4.78, 5) is 19.0. The standard InChI is InChI=1S/C21H28N4O4S/c1-16-5-6-17(2)19(14-16)30(27,28)23-9-3-4-21(26)24-18-7-8-20(22-15-18)25-10-12-29-13-11-25/h5-8,14-15,23H,3-4,9-13H2,1-2H3,(H,24,26). The summed E-state index contributed by atoms with van der Waals surface area (Å²) in [7, 11) is -3.59. The van der Waals surface area contributed by atoms with Crippen LogP contribution in [-0.4, -0.2) is 52.2 Å². The Morgan fingerprint density at radius 2 is 1.93 bits per heavy atom. The Kier molecular flexibility index (Phi) is 7.41. The number of aromatic nitrogens is 1. The summed E-state index contributed by atoms with van der Waals surface area (Å²) in [6.07, 6.45) is 2.24. The van der Waals surface area contributed by atoms with Gasteiger partial charge in [0.25, 0.3) is 0 Å². The highest BCUT2D eigenvalue weighted by Gasteiger charge is 2.16. The van der Waals surface area contributed by atoms with Gasteiger partial charge in [0.05, 0.1) is 30.0 Å². The monoisotopic (exact) mass is 432 g/mol. The summed E-state index contributed by atoms with van der Waals surface area (Å²) in [5, 5.41) is 2.80. The molecule has 0 aliphatic carbocycles. The van der Waals surface area contributed by atoms with Gasteiger partial charge in [-0.1, -0.05) is 12.1 Å². The van der Waals surface area contributed by atoms with Gasteiger partial charge in [0.1, 0.15) is 5.82 Å². The molecule has 1 fully saturated rings. The van der Waals surface area contributed by atoms with E-state index in [9.17, 15) is 13.2 Å². The quantitative estimate of drug-likeness (QED) is 0.621. The zero-order chi connectivity index (χ0) is 21.6. The van der Waals surface area contributed by atoms with E-state index in [1.165, 1.54) is 0 Å². The number of carbonyl (C=O) groups is 1. The van der Waals surface area contributed by atoms with Crippen LogP contribution in [0.3, 0.4) is 0 Å². The molecule has 0 radical (unpaired) electrons. The van der Waals surface area contributed by atoms with Crippen molar-refractivity contribution in [3.8, 4) is 0 Å². The molecule has 0 spiro atoms. The number of anilines is 2. The predicted octanol–water partition coefficient (Wildman–Crippen LogP) is 2.23. The van der Waals surface area contributed by atoms with Gasteiger partial charge in [0.15, 0.2) is 0 Å². The molecule has 0 unspecified atom stereocenters. The van der Waals surface area contributed by atoms with E-state index in [0.717, 1.165) is 24.5 Å². The molecule has 1 aromatic heterocycles. The molecule has 2 heterocycles. The molecule has 3 rings (SSSR count). The molecule has 1 aliphatic rings. The lowest BCUT2D eigenvalue weighted by molar-refractivity contribution is -0.116. The van der Waals surface area contributed by atoms with Crippen molar-refractivity contribution in [3.63, 3.8) is 0 Å². The number of hydrogen-bond acceptors (Lipinski definition) is 6. The molecule has 9 heteroatoms. The summed E-state index contributed by atoms with van der Waals surface area (Å²) < 4.78 is 32.8. The Balaban J connectivity index is 1.44. The number of sulfonamides is 1. The molecular weight excluding hydrogens is 404 g/mol. The van der Waals surface area contributed by atoms with Gasteiger partial charge >= 0.3 is 0 Å². The maximum absolute atomic E-state index is 12.5. The van der Waals surface area contributed by atoms with Crippen LogP contribution in [-0.2, 0) is 19.6 Å². The maximum atomic E-state index is 12.5. The van der Waals surface area contributed by atoms with E-state index in [1.807, 2.05) is 25.1 Å². The fourth-order valence-electron chi connectivity index (χ4n) is 3.19. The number of nitrogens with one attached hydrogen (secondary N) is 2. The van der Waals surface area contributed by atoms with Crippen molar-refractivity contribution < 1.29 is 17.9 Å². The molecule has 1 saturated heterocycles. The highest BCUT2D eigenvalue weighted by atomic mass is 32.2. The van der Waals surface area contributed by atoms with Crippen LogP contribution in [0, 0.1) is 13.8 Å². The van der Waals surface area contributed by atoms with Gasteiger partial charge < -0.3 is 15.0 Å². The fourth-order valence-corrected chi connectivity index (χ4v) is 4.59. The SMILES string of the molecule is Cc1ccc(C)c(S(=O)(=O)NCCCC(=O)Nc2ccc(N3CCOCC3)nc2)c1. The summed E-state index contributed by atoms with van der Waals surface area (Å²) in [5.74, 6) is 0.680. The molecule has 2 aromatic rings. The second-order valence-corrected chi connectivity index (χ2v) is 9.06. The lowest BCUT2D eigenvalue weighted by atomic mass is 10.2. The number of rotatable bonds is 8. The first kappa shape index (κ1) is 22.2. The third kappa shape index (κ3) is 6.01. The molecule has 0 saturated carbocycles. The number of ether oxygens (including phenoxy) is 1. The lowest BCUT2D eigenvalue weighted by Gasteiger charge is -2.27. The maximum Gasteiger partial charge on any atom is 0.240 e. The van der Waals surface area contributed by atoms with Crippen LogP contribution in [0.5, 0.6) is 0 Å². The number of aryl methyl sites for hydroxylation is 2. The van der Waals surface area contributed by atoms with E-state index in [-0.39, 0.29) is 23.8 Å². The highest BCUT2D eigenvalue weighted by Crippen LogP contribution is 2.17. The van der Waals surface area contributed by atoms with Gasteiger partial charge in [-0.05, 0) is 49.6 Å². The lowest BCUT2D eigenvalue weighted by Crippen LogP contribution is -2.36. The first-order valence-corrected chi connectivity index (χ1v) is 11.5. The smallest absolute Gasteiger partial charge is 0.240 e. The van der Waals surface area contributed by atoms with E-state index < -0.39 is 10.0 Å².